The van der Waals surface area contributed by atoms with Crippen LogP contribution < -0.4 is 5.32 Å². The van der Waals surface area contributed by atoms with Crippen LogP contribution in [-0.4, -0.2) is 36.2 Å². The molecule has 1 aromatic carbocycles. The summed E-state index contributed by atoms with van der Waals surface area (Å²) in [7, 11) is 0. The maximum Gasteiger partial charge on any atom is 0.264 e. The zero-order valence-corrected chi connectivity index (χ0v) is 14.3. The number of nitrogens with zero attached hydrogens (tertiary/aromatic N) is 1. The van der Waals surface area contributed by atoms with Crippen molar-refractivity contribution in [3.63, 3.8) is 0 Å². The van der Waals surface area contributed by atoms with Gasteiger partial charge in [-0.25, -0.2) is 0 Å². The first-order valence-electron chi connectivity index (χ1n) is 7.44. The number of carbonyl (C=O) groups is 2. The molecule has 1 aromatic heterocycles. The second-order valence-electron chi connectivity index (χ2n) is 5.49. The van der Waals surface area contributed by atoms with Crippen molar-refractivity contribution < 1.29 is 9.59 Å². The van der Waals surface area contributed by atoms with Crippen LogP contribution in [0.15, 0.2) is 36.4 Å². The number of thiophene rings is 1. The standard InChI is InChI=1S/C17H17ClN2O2S/c1-11(21)15-5-6-16(23-15)17(22)20-8-7-19-10-14(20)12-3-2-4-13(18)9-12/h2-6,9,14,19H,7-8,10H2,1H3. The Hall–Kier alpha value is -1.69. The Kier molecular flexibility index (Phi) is 4.80. The number of rotatable bonds is 3. The van der Waals surface area contributed by atoms with E-state index < -0.39 is 0 Å². The smallest absolute Gasteiger partial charge is 0.264 e. The van der Waals surface area contributed by atoms with Crippen LogP contribution >= 0.6 is 22.9 Å². The minimum absolute atomic E-state index is 0.0132. The maximum absolute atomic E-state index is 12.9. The van der Waals surface area contributed by atoms with Crippen LogP contribution in [0, 0.1) is 0 Å². The SMILES string of the molecule is CC(=O)c1ccc(C(=O)N2CCNCC2c2cccc(Cl)c2)s1. The van der Waals surface area contributed by atoms with E-state index in [0.29, 0.717) is 27.9 Å². The molecule has 3 rings (SSSR count). The Bertz CT molecular complexity index is 744. The summed E-state index contributed by atoms with van der Waals surface area (Å²) in [6.07, 6.45) is 0. The van der Waals surface area contributed by atoms with Crippen LogP contribution in [0.4, 0.5) is 0 Å². The summed E-state index contributed by atoms with van der Waals surface area (Å²) in [4.78, 5) is 27.4. The van der Waals surface area contributed by atoms with Gasteiger partial charge in [-0.05, 0) is 36.8 Å². The fourth-order valence-electron chi connectivity index (χ4n) is 2.74. The number of ketones is 1. The van der Waals surface area contributed by atoms with Crippen molar-refractivity contribution in [2.24, 2.45) is 0 Å². The molecule has 6 heteroatoms. The Morgan fingerprint density at radius 3 is 2.74 bits per heavy atom. The predicted octanol–water partition coefficient (Wildman–Crippen LogP) is 3.39. The molecule has 2 heterocycles. The lowest BCUT2D eigenvalue weighted by molar-refractivity contribution is 0.0639. The largest absolute Gasteiger partial charge is 0.328 e. The molecule has 1 saturated heterocycles. The molecule has 1 amide bonds. The molecule has 1 unspecified atom stereocenters. The highest BCUT2D eigenvalue weighted by atomic mass is 35.5. The number of benzene rings is 1. The van der Waals surface area contributed by atoms with E-state index in [0.717, 1.165) is 12.1 Å². The molecule has 0 spiro atoms. The van der Waals surface area contributed by atoms with Crippen LogP contribution in [0.25, 0.3) is 0 Å². The number of halogens is 1. The lowest BCUT2D eigenvalue weighted by Crippen LogP contribution is -2.48. The number of amides is 1. The Morgan fingerprint density at radius 1 is 1.26 bits per heavy atom. The van der Waals surface area contributed by atoms with Gasteiger partial charge in [-0.3, -0.25) is 9.59 Å². The number of piperazine rings is 1. The number of nitrogens with one attached hydrogen (secondary N) is 1. The van der Waals surface area contributed by atoms with Crippen molar-refractivity contribution in [3.8, 4) is 0 Å². The molecule has 1 N–H and O–H groups in total. The van der Waals surface area contributed by atoms with E-state index in [1.54, 1.807) is 12.1 Å². The van der Waals surface area contributed by atoms with Crippen LogP contribution in [0.2, 0.25) is 5.02 Å². The summed E-state index contributed by atoms with van der Waals surface area (Å²) in [5.74, 6) is -0.0465. The summed E-state index contributed by atoms with van der Waals surface area (Å²) in [6, 6.07) is 11.0. The quantitative estimate of drug-likeness (QED) is 0.865. The second kappa shape index (κ2) is 6.83. The van der Waals surface area contributed by atoms with Crippen molar-refractivity contribution >= 4 is 34.6 Å². The summed E-state index contributed by atoms with van der Waals surface area (Å²) >= 11 is 7.34. The molecule has 0 bridgehead atoms. The van der Waals surface area contributed by atoms with E-state index in [1.807, 2.05) is 29.2 Å². The monoisotopic (exact) mass is 348 g/mol. The van der Waals surface area contributed by atoms with Crippen LogP contribution in [0.3, 0.4) is 0 Å². The first-order chi connectivity index (χ1) is 11.1. The normalized spacial score (nSPS) is 18.0. The fraction of sp³-hybridized carbons (Fsp3) is 0.294. The molecule has 1 aliphatic heterocycles. The summed E-state index contributed by atoms with van der Waals surface area (Å²) in [5.41, 5.74) is 1.02. The van der Waals surface area contributed by atoms with Crippen molar-refractivity contribution in [1.82, 2.24) is 10.2 Å². The van der Waals surface area contributed by atoms with Gasteiger partial charge in [-0.1, -0.05) is 23.7 Å². The van der Waals surface area contributed by atoms with Gasteiger partial charge in [0.2, 0.25) is 0 Å². The molecule has 0 radical (unpaired) electrons. The zero-order valence-electron chi connectivity index (χ0n) is 12.7. The third-order valence-corrected chi connectivity index (χ3v) is 5.31. The third-order valence-electron chi connectivity index (χ3n) is 3.90. The molecule has 0 aliphatic carbocycles. The number of hydrogen-bond donors (Lipinski definition) is 1. The third kappa shape index (κ3) is 3.47. The van der Waals surface area contributed by atoms with E-state index in [9.17, 15) is 9.59 Å². The molecule has 1 fully saturated rings. The van der Waals surface area contributed by atoms with E-state index in [2.05, 4.69) is 5.32 Å². The van der Waals surface area contributed by atoms with Gasteiger partial charge in [-0.15, -0.1) is 11.3 Å². The van der Waals surface area contributed by atoms with Crippen molar-refractivity contribution in [2.45, 2.75) is 13.0 Å². The van der Waals surface area contributed by atoms with Gasteiger partial charge in [-0.2, -0.15) is 0 Å². The molecule has 1 aliphatic rings. The van der Waals surface area contributed by atoms with Gasteiger partial charge in [0.25, 0.3) is 5.91 Å². The second-order valence-corrected chi connectivity index (χ2v) is 7.01. The van der Waals surface area contributed by atoms with Gasteiger partial charge in [0, 0.05) is 24.7 Å². The van der Waals surface area contributed by atoms with E-state index in [-0.39, 0.29) is 17.7 Å². The van der Waals surface area contributed by atoms with E-state index >= 15 is 0 Å². The van der Waals surface area contributed by atoms with Gasteiger partial charge in [0.1, 0.15) is 0 Å². The number of hydrogen-bond acceptors (Lipinski definition) is 4. The van der Waals surface area contributed by atoms with Crippen LogP contribution in [-0.2, 0) is 0 Å². The highest BCUT2D eigenvalue weighted by molar-refractivity contribution is 7.15. The first-order valence-corrected chi connectivity index (χ1v) is 8.63. The number of Topliss-reactive ketones (excluding diaryl/α,β-unsaturated/α-hetero) is 1. The minimum atomic E-state index is -0.0576. The molecule has 1 atom stereocenters. The molecule has 0 saturated carbocycles. The summed E-state index contributed by atoms with van der Waals surface area (Å²) in [5, 5.41) is 3.99. The van der Waals surface area contributed by atoms with Crippen molar-refractivity contribution in [1.29, 1.82) is 0 Å². The predicted molar refractivity (Wildman–Crippen MR) is 92.4 cm³/mol. The molecular formula is C17H17ClN2O2S. The summed E-state index contributed by atoms with van der Waals surface area (Å²) < 4.78 is 0. The molecule has 4 nitrogen and oxygen atoms in total. The zero-order chi connectivity index (χ0) is 16.4. The van der Waals surface area contributed by atoms with Crippen LogP contribution in [0.5, 0.6) is 0 Å². The Labute approximate surface area is 144 Å². The lowest BCUT2D eigenvalue weighted by atomic mass is 10.0. The van der Waals surface area contributed by atoms with E-state index in [1.165, 1.54) is 18.3 Å². The van der Waals surface area contributed by atoms with Gasteiger partial charge in [0.05, 0.1) is 15.8 Å². The highest BCUT2D eigenvalue weighted by Gasteiger charge is 2.29. The van der Waals surface area contributed by atoms with Crippen LogP contribution in [0.1, 0.15) is 37.9 Å². The Balaban J connectivity index is 1.88. The summed E-state index contributed by atoms with van der Waals surface area (Å²) in [6.45, 7) is 3.59. The maximum atomic E-state index is 12.9. The lowest BCUT2D eigenvalue weighted by Gasteiger charge is -2.36. The molecular weight excluding hydrogens is 332 g/mol. The molecule has 2 aromatic rings. The fourth-order valence-corrected chi connectivity index (χ4v) is 3.80. The van der Waals surface area contributed by atoms with Crippen molar-refractivity contribution in [3.05, 3.63) is 56.7 Å². The minimum Gasteiger partial charge on any atom is -0.328 e. The number of carbonyl (C=O) groups excluding carboxylic acids is 2. The topological polar surface area (TPSA) is 49.4 Å². The van der Waals surface area contributed by atoms with E-state index in [4.69, 9.17) is 11.6 Å². The van der Waals surface area contributed by atoms with Gasteiger partial charge < -0.3 is 10.2 Å². The average molecular weight is 349 g/mol. The van der Waals surface area contributed by atoms with Gasteiger partial charge in [0.15, 0.2) is 5.78 Å². The average Bonchev–Trinajstić information content (AvgIpc) is 3.04. The molecule has 23 heavy (non-hydrogen) atoms. The van der Waals surface area contributed by atoms with Crippen molar-refractivity contribution in [2.75, 3.05) is 19.6 Å². The first kappa shape index (κ1) is 16.2. The Morgan fingerprint density at radius 2 is 2.04 bits per heavy atom. The highest BCUT2D eigenvalue weighted by Crippen LogP contribution is 2.28. The molecule has 120 valence electrons. The van der Waals surface area contributed by atoms with Gasteiger partial charge >= 0.3 is 0 Å².